The molecule has 0 amide bonds. The Balaban J connectivity index is 2.40. The van der Waals surface area contributed by atoms with E-state index in [4.69, 9.17) is 0 Å². The van der Waals surface area contributed by atoms with E-state index in [1.54, 1.807) is 0 Å². The van der Waals surface area contributed by atoms with Crippen molar-refractivity contribution in [2.24, 2.45) is 0 Å². The minimum absolute atomic E-state index is 0.424. The van der Waals surface area contributed by atoms with Crippen molar-refractivity contribution in [3.63, 3.8) is 0 Å². The average molecular weight is 300 g/mol. The van der Waals surface area contributed by atoms with E-state index in [0.717, 1.165) is 16.7 Å². The SMILES string of the molecule is O=CC(=O)C(c1ccccc1)(c1ccccc1)c1ccccc1. The first-order valence-corrected chi connectivity index (χ1v) is 7.46. The van der Waals surface area contributed by atoms with Gasteiger partial charge in [-0.3, -0.25) is 9.59 Å². The quantitative estimate of drug-likeness (QED) is 0.408. The molecule has 0 aliphatic heterocycles. The van der Waals surface area contributed by atoms with Crippen LogP contribution in [0.4, 0.5) is 0 Å². The molecule has 0 radical (unpaired) electrons. The fraction of sp³-hybridized carbons (Fsp3) is 0.0476. The molecule has 0 saturated carbocycles. The summed E-state index contributed by atoms with van der Waals surface area (Å²) in [6.45, 7) is 0. The standard InChI is InChI=1S/C21H16O2/c22-16-20(23)21(17-10-4-1-5-11-17,18-12-6-2-7-13-18)19-14-8-3-9-15-19/h1-16H. The number of aldehydes is 1. The van der Waals surface area contributed by atoms with Crippen LogP contribution in [0.25, 0.3) is 0 Å². The Morgan fingerprint density at radius 1 is 0.609 bits per heavy atom. The maximum absolute atomic E-state index is 12.9. The molecule has 0 heterocycles. The molecule has 0 atom stereocenters. The second-order valence-electron chi connectivity index (χ2n) is 5.33. The van der Waals surface area contributed by atoms with Gasteiger partial charge in [-0.2, -0.15) is 0 Å². The molecule has 0 fully saturated rings. The van der Waals surface area contributed by atoms with Crippen molar-refractivity contribution in [3.05, 3.63) is 108 Å². The largest absolute Gasteiger partial charge is 0.295 e. The number of carbonyl (C=O) groups is 2. The molecule has 2 nitrogen and oxygen atoms in total. The summed E-state index contributed by atoms with van der Waals surface area (Å²) in [7, 11) is 0. The van der Waals surface area contributed by atoms with Crippen LogP contribution in [0, 0.1) is 0 Å². The zero-order valence-corrected chi connectivity index (χ0v) is 12.6. The van der Waals surface area contributed by atoms with Gasteiger partial charge in [0.1, 0.15) is 5.41 Å². The Morgan fingerprint density at radius 3 is 1.17 bits per heavy atom. The van der Waals surface area contributed by atoms with Crippen molar-refractivity contribution >= 4 is 12.1 Å². The van der Waals surface area contributed by atoms with Gasteiger partial charge in [-0.15, -0.1) is 0 Å². The third kappa shape index (κ3) is 2.49. The molecule has 0 bridgehead atoms. The lowest BCUT2D eigenvalue weighted by molar-refractivity contribution is -0.131. The summed E-state index contributed by atoms with van der Waals surface area (Å²) < 4.78 is 0. The Bertz CT molecular complexity index is 696. The van der Waals surface area contributed by atoms with Gasteiger partial charge in [-0.1, -0.05) is 91.0 Å². The Kier molecular flexibility index (Phi) is 4.15. The highest BCUT2D eigenvalue weighted by molar-refractivity contribution is 6.32. The summed E-state index contributed by atoms with van der Waals surface area (Å²) >= 11 is 0. The topological polar surface area (TPSA) is 34.1 Å². The lowest BCUT2D eigenvalue weighted by Gasteiger charge is -2.32. The molecular weight excluding hydrogens is 284 g/mol. The van der Waals surface area contributed by atoms with Crippen molar-refractivity contribution in [3.8, 4) is 0 Å². The van der Waals surface area contributed by atoms with Gasteiger partial charge < -0.3 is 0 Å². The van der Waals surface area contributed by atoms with Crippen molar-refractivity contribution in [2.45, 2.75) is 5.41 Å². The maximum Gasteiger partial charge on any atom is 0.214 e. The van der Waals surface area contributed by atoms with E-state index >= 15 is 0 Å². The highest BCUT2D eigenvalue weighted by Crippen LogP contribution is 2.39. The molecule has 0 unspecified atom stereocenters. The van der Waals surface area contributed by atoms with Crippen LogP contribution in [0.3, 0.4) is 0 Å². The second kappa shape index (κ2) is 6.41. The van der Waals surface area contributed by atoms with Crippen LogP contribution in [0.5, 0.6) is 0 Å². The van der Waals surface area contributed by atoms with Gasteiger partial charge in [0.2, 0.25) is 5.78 Å². The average Bonchev–Trinajstić information content (AvgIpc) is 2.65. The number of benzene rings is 3. The number of carbonyl (C=O) groups excluding carboxylic acids is 2. The molecular formula is C21H16O2. The van der Waals surface area contributed by atoms with Crippen LogP contribution < -0.4 is 0 Å². The van der Waals surface area contributed by atoms with Crippen molar-refractivity contribution < 1.29 is 9.59 Å². The van der Waals surface area contributed by atoms with Gasteiger partial charge in [0.05, 0.1) is 0 Å². The lowest BCUT2D eigenvalue weighted by Crippen LogP contribution is -2.39. The number of hydrogen-bond acceptors (Lipinski definition) is 2. The van der Waals surface area contributed by atoms with Gasteiger partial charge in [0, 0.05) is 0 Å². The minimum atomic E-state index is -1.12. The zero-order valence-electron chi connectivity index (χ0n) is 12.6. The monoisotopic (exact) mass is 300 g/mol. The third-order valence-corrected chi connectivity index (χ3v) is 4.10. The third-order valence-electron chi connectivity index (χ3n) is 4.10. The summed E-state index contributed by atoms with van der Waals surface area (Å²) in [6, 6.07) is 28.3. The van der Waals surface area contributed by atoms with Crippen LogP contribution >= 0.6 is 0 Å². The highest BCUT2D eigenvalue weighted by Gasteiger charge is 2.43. The second-order valence-corrected chi connectivity index (χ2v) is 5.33. The van der Waals surface area contributed by atoms with Crippen molar-refractivity contribution in [1.29, 1.82) is 0 Å². The lowest BCUT2D eigenvalue weighted by atomic mass is 9.67. The normalized spacial score (nSPS) is 11.0. The van der Waals surface area contributed by atoms with Gasteiger partial charge in [-0.05, 0) is 16.7 Å². The van der Waals surface area contributed by atoms with Gasteiger partial charge in [0.15, 0.2) is 6.29 Å². The Morgan fingerprint density at radius 2 is 0.913 bits per heavy atom. The fourth-order valence-electron chi connectivity index (χ4n) is 3.08. The van der Waals surface area contributed by atoms with E-state index in [0.29, 0.717) is 6.29 Å². The van der Waals surface area contributed by atoms with Crippen LogP contribution in [0.1, 0.15) is 16.7 Å². The Labute approximate surface area is 135 Å². The molecule has 0 N–H and O–H groups in total. The molecule has 0 spiro atoms. The summed E-state index contributed by atoms with van der Waals surface area (Å²) in [4.78, 5) is 24.4. The summed E-state index contributed by atoms with van der Waals surface area (Å²) in [6.07, 6.45) is 0.424. The molecule has 0 saturated heterocycles. The van der Waals surface area contributed by atoms with Crippen LogP contribution in [0.2, 0.25) is 0 Å². The number of Topliss-reactive ketones (excluding diaryl/α,β-unsaturated/α-hetero) is 1. The molecule has 3 aromatic carbocycles. The van der Waals surface area contributed by atoms with E-state index in [2.05, 4.69) is 0 Å². The minimum Gasteiger partial charge on any atom is -0.295 e. The summed E-state index contributed by atoms with van der Waals surface area (Å²) in [5.74, 6) is -0.471. The molecule has 3 aromatic rings. The van der Waals surface area contributed by atoms with Crippen LogP contribution in [-0.4, -0.2) is 12.1 Å². The molecule has 0 aliphatic carbocycles. The summed E-state index contributed by atoms with van der Waals surface area (Å²) in [5.41, 5.74) is 1.24. The molecule has 23 heavy (non-hydrogen) atoms. The summed E-state index contributed by atoms with van der Waals surface area (Å²) in [5, 5.41) is 0. The molecule has 0 aromatic heterocycles. The van der Waals surface area contributed by atoms with E-state index in [1.165, 1.54) is 0 Å². The van der Waals surface area contributed by atoms with Gasteiger partial charge in [-0.25, -0.2) is 0 Å². The van der Waals surface area contributed by atoms with Crippen molar-refractivity contribution in [2.75, 3.05) is 0 Å². The number of hydrogen-bond donors (Lipinski definition) is 0. The van der Waals surface area contributed by atoms with E-state index in [-0.39, 0.29) is 0 Å². The first kappa shape index (κ1) is 14.9. The first-order chi connectivity index (χ1) is 11.3. The van der Waals surface area contributed by atoms with Gasteiger partial charge in [0.25, 0.3) is 0 Å². The molecule has 3 rings (SSSR count). The smallest absolute Gasteiger partial charge is 0.214 e. The maximum atomic E-state index is 12.9. The van der Waals surface area contributed by atoms with E-state index < -0.39 is 11.2 Å². The predicted octanol–water partition coefficient (Wildman–Crippen LogP) is 3.79. The Hall–Kier alpha value is -3.00. The fourth-order valence-corrected chi connectivity index (χ4v) is 3.08. The van der Waals surface area contributed by atoms with E-state index in [1.807, 2.05) is 91.0 Å². The molecule has 112 valence electrons. The van der Waals surface area contributed by atoms with Crippen molar-refractivity contribution in [1.82, 2.24) is 0 Å². The van der Waals surface area contributed by atoms with Crippen LogP contribution in [-0.2, 0) is 15.0 Å². The number of ketones is 1. The highest BCUT2D eigenvalue weighted by atomic mass is 16.2. The first-order valence-electron chi connectivity index (χ1n) is 7.46. The predicted molar refractivity (Wildman–Crippen MR) is 90.3 cm³/mol. The van der Waals surface area contributed by atoms with Crippen LogP contribution in [0.15, 0.2) is 91.0 Å². The molecule has 2 heteroatoms. The zero-order chi connectivity index (χ0) is 16.1. The van der Waals surface area contributed by atoms with Gasteiger partial charge >= 0.3 is 0 Å². The number of rotatable bonds is 5. The van der Waals surface area contributed by atoms with E-state index in [9.17, 15) is 9.59 Å². The molecule has 0 aliphatic rings.